The van der Waals surface area contributed by atoms with Gasteiger partial charge in [0.1, 0.15) is 11.4 Å². The van der Waals surface area contributed by atoms with E-state index in [1.54, 1.807) is 12.1 Å². The van der Waals surface area contributed by atoms with Crippen LogP contribution >= 0.6 is 15.9 Å². The molecule has 19 heavy (non-hydrogen) atoms. The Balaban J connectivity index is 0.000000637. The fourth-order valence-corrected chi connectivity index (χ4v) is 2.44. The van der Waals surface area contributed by atoms with Crippen molar-refractivity contribution in [3.8, 4) is 0 Å². The maximum atomic E-state index is 11.9. The molecule has 1 aromatic heterocycles. The van der Waals surface area contributed by atoms with Crippen molar-refractivity contribution in [2.24, 2.45) is 0 Å². The molecule has 102 valence electrons. The van der Waals surface area contributed by atoms with Gasteiger partial charge >= 0.3 is 0 Å². The topological polar surface area (TPSA) is 66.0 Å². The molecule has 0 radical (unpaired) electrons. The molecule has 2 N–H and O–H groups in total. The molecule has 1 heterocycles. The number of aliphatic hydroxyl groups is 1. The van der Waals surface area contributed by atoms with Gasteiger partial charge in [-0.15, -0.1) is 0 Å². The van der Waals surface area contributed by atoms with Crippen LogP contribution in [0.4, 0.5) is 0 Å². The highest BCUT2D eigenvalue weighted by molar-refractivity contribution is 9.10. The number of fused-ring (bicyclic) bond motifs is 1. The molecular weight excluding hydrogens is 308 g/mol. The molecule has 2 aromatic rings. The second kappa shape index (κ2) is 5.43. The maximum absolute atomic E-state index is 11.9. The van der Waals surface area contributed by atoms with Gasteiger partial charge in [-0.05, 0) is 37.5 Å². The molecule has 5 heteroatoms. The van der Waals surface area contributed by atoms with Crippen molar-refractivity contribution in [2.75, 3.05) is 0 Å². The van der Waals surface area contributed by atoms with Crippen LogP contribution in [0.15, 0.2) is 27.5 Å². The first-order valence-electron chi connectivity index (χ1n) is 6.51. The van der Waals surface area contributed by atoms with Crippen LogP contribution in [0.5, 0.6) is 0 Å². The molecular formula is C14H17BrN2O2. The van der Waals surface area contributed by atoms with Gasteiger partial charge in [-0.1, -0.05) is 29.8 Å². The first-order chi connectivity index (χ1) is 9.08. The zero-order valence-corrected chi connectivity index (χ0v) is 12.6. The third-order valence-corrected chi connectivity index (χ3v) is 3.78. The van der Waals surface area contributed by atoms with Crippen LogP contribution in [-0.2, 0) is 5.60 Å². The fraction of sp³-hybridized carbons (Fsp3) is 0.429. The lowest BCUT2D eigenvalue weighted by Crippen LogP contribution is -2.37. The molecule has 1 fully saturated rings. The van der Waals surface area contributed by atoms with E-state index in [4.69, 9.17) is 0 Å². The third-order valence-electron chi connectivity index (χ3n) is 3.29. The molecule has 0 bridgehead atoms. The van der Waals surface area contributed by atoms with Crippen molar-refractivity contribution in [2.45, 2.75) is 38.7 Å². The van der Waals surface area contributed by atoms with Gasteiger partial charge in [0, 0.05) is 4.47 Å². The van der Waals surface area contributed by atoms with Gasteiger partial charge in [0.2, 0.25) is 0 Å². The first-order valence-corrected chi connectivity index (χ1v) is 7.30. The largest absolute Gasteiger partial charge is 0.382 e. The van der Waals surface area contributed by atoms with Crippen molar-refractivity contribution >= 4 is 26.8 Å². The maximum Gasteiger partial charge on any atom is 0.258 e. The molecule has 1 aliphatic carbocycles. The first kappa shape index (κ1) is 14.2. The minimum atomic E-state index is -0.930. The quantitative estimate of drug-likeness (QED) is 0.847. The number of aromatic amines is 1. The van der Waals surface area contributed by atoms with Gasteiger partial charge in [-0.3, -0.25) is 4.79 Å². The average Bonchev–Trinajstić information content (AvgIpc) is 2.39. The van der Waals surface area contributed by atoms with Gasteiger partial charge < -0.3 is 10.1 Å². The van der Waals surface area contributed by atoms with Gasteiger partial charge in [-0.2, -0.15) is 0 Å². The summed E-state index contributed by atoms with van der Waals surface area (Å²) in [5, 5.41) is 10.7. The number of nitrogens with zero attached hydrogens (tertiary/aromatic N) is 1. The number of aromatic nitrogens is 2. The highest BCUT2D eigenvalue weighted by Gasteiger charge is 2.38. The summed E-state index contributed by atoms with van der Waals surface area (Å²) in [6.07, 6.45) is 2.30. The van der Waals surface area contributed by atoms with Gasteiger partial charge in [-0.25, -0.2) is 4.98 Å². The highest BCUT2D eigenvalue weighted by Crippen LogP contribution is 2.39. The summed E-state index contributed by atoms with van der Waals surface area (Å²) >= 11 is 3.32. The molecule has 1 aromatic carbocycles. The number of hydrogen-bond donors (Lipinski definition) is 2. The molecule has 3 rings (SSSR count). The fourth-order valence-electron chi connectivity index (χ4n) is 2.08. The zero-order valence-electron chi connectivity index (χ0n) is 11.0. The zero-order chi connectivity index (χ0) is 14.0. The van der Waals surface area contributed by atoms with Crippen LogP contribution in [0.25, 0.3) is 10.9 Å². The van der Waals surface area contributed by atoms with E-state index in [1.165, 1.54) is 0 Å². The Kier molecular flexibility index (Phi) is 4.06. The van der Waals surface area contributed by atoms with E-state index < -0.39 is 5.60 Å². The van der Waals surface area contributed by atoms with E-state index in [0.717, 1.165) is 10.9 Å². The predicted octanol–water partition coefficient (Wildman–Crippen LogP) is 3.08. The van der Waals surface area contributed by atoms with E-state index >= 15 is 0 Å². The number of hydrogen-bond acceptors (Lipinski definition) is 3. The molecule has 1 aliphatic rings. The predicted molar refractivity (Wildman–Crippen MR) is 79.2 cm³/mol. The SMILES string of the molecule is CC.O=c1[nH]c(C2(O)CCC2)nc2ccc(Br)cc12. The van der Waals surface area contributed by atoms with Crippen LogP contribution in [0, 0.1) is 0 Å². The molecule has 0 unspecified atom stereocenters. The van der Waals surface area contributed by atoms with E-state index in [1.807, 2.05) is 19.9 Å². The van der Waals surface area contributed by atoms with Crippen molar-refractivity contribution in [1.29, 1.82) is 0 Å². The van der Waals surface area contributed by atoms with E-state index in [0.29, 0.717) is 29.6 Å². The van der Waals surface area contributed by atoms with E-state index in [9.17, 15) is 9.90 Å². The Morgan fingerprint density at radius 3 is 2.63 bits per heavy atom. The van der Waals surface area contributed by atoms with Crippen molar-refractivity contribution in [3.63, 3.8) is 0 Å². The van der Waals surface area contributed by atoms with Crippen LogP contribution in [-0.4, -0.2) is 15.1 Å². The molecule has 0 atom stereocenters. The van der Waals surface area contributed by atoms with Crippen LogP contribution in [0.2, 0.25) is 0 Å². The van der Waals surface area contributed by atoms with E-state index in [-0.39, 0.29) is 5.56 Å². The summed E-state index contributed by atoms with van der Waals surface area (Å²) in [5.74, 6) is 0.392. The van der Waals surface area contributed by atoms with Crippen molar-refractivity contribution < 1.29 is 5.11 Å². The normalized spacial score (nSPS) is 16.4. The Morgan fingerprint density at radius 2 is 2.05 bits per heavy atom. The van der Waals surface area contributed by atoms with Gasteiger partial charge in [0.15, 0.2) is 0 Å². The third kappa shape index (κ3) is 2.58. The lowest BCUT2D eigenvalue weighted by Gasteiger charge is -2.35. The molecule has 0 amide bonds. The van der Waals surface area contributed by atoms with Crippen molar-refractivity contribution in [1.82, 2.24) is 9.97 Å². The molecule has 4 nitrogen and oxygen atoms in total. The Bertz CT molecular complexity index is 647. The number of nitrogens with one attached hydrogen (secondary N) is 1. The minimum absolute atomic E-state index is 0.202. The molecule has 0 spiro atoms. The number of H-pyrrole nitrogens is 1. The second-order valence-electron chi connectivity index (χ2n) is 4.46. The minimum Gasteiger partial charge on any atom is -0.382 e. The lowest BCUT2D eigenvalue weighted by molar-refractivity contribution is -0.0466. The van der Waals surface area contributed by atoms with Crippen LogP contribution < -0.4 is 5.56 Å². The van der Waals surface area contributed by atoms with Crippen molar-refractivity contribution in [3.05, 3.63) is 38.9 Å². The summed E-state index contributed by atoms with van der Waals surface area (Å²) < 4.78 is 0.840. The molecule has 0 saturated heterocycles. The van der Waals surface area contributed by atoms with Crippen LogP contribution in [0.3, 0.4) is 0 Å². The van der Waals surface area contributed by atoms with E-state index in [2.05, 4.69) is 25.9 Å². The summed E-state index contributed by atoms with van der Waals surface area (Å²) in [4.78, 5) is 18.9. The molecule has 1 saturated carbocycles. The second-order valence-corrected chi connectivity index (χ2v) is 5.38. The number of halogens is 1. The van der Waals surface area contributed by atoms with Gasteiger partial charge in [0.25, 0.3) is 5.56 Å². The molecule has 0 aliphatic heterocycles. The Hall–Kier alpha value is -1.20. The Labute approximate surface area is 120 Å². The van der Waals surface area contributed by atoms with Gasteiger partial charge in [0.05, 0.1) is 10.9 Å². The van der Waals surface area contributed by atoms with Crippen LogP contribution in [0.1, 0.15) is 38.9 Å². The summed E-state index contributed by atoms with van der Waals surface area (Å²) in [5.41, 5.74) is -0.514. The standard InChI is InChI=1S/C12H11BrN2O2.C2H6/c13-7-2-3-9-8(6-7)10(16)15-11(14-9)12(17)4-1-5-12;1-2/h2-3,6,17H,1,4-5H2,(H,14,15,16);1-2H3. The Morgan fingerprint density at radius 1 is 1.37 bits per heavy atom. The lowest BCUT2D eigenvalue weighted by atomic mass is 9.79. The average molecular weight is 325 g/mol. The highest BCUT2D eigenvalue weighted by atomic mass is 79.9. The summed E-state index contributed by atoms with van der Waals surface area (Å²) in [6, 6.07) is 5.35. The summed E-state index contributed by atoms with van der Waals surface area (Å²) in [6.45, 7) is 4.00. The summed E-state index contributed by atoms with van der Waals surface area (Å²) in [7, 11) is 0. The number of benzene rings is 1. The smallest absolute Gasteiger partial charge is 0.258 e. The number of rotatable bonds is 1. The monoisotopic (exact) mass is 324 g/mol.